The molecule has 0 unspecified atom stereocenters. The third-order valence-electron chi connectivity index (χ3n) is 5.68. The van der Waals surface area contributed by atoms with Gasteiger partial charge in [0, 0.05) is 12.8 Å². The van der Waals surface area contributed by atoms with Crippen LogP contribution in [0.5, 0.6) is 11.5 Å². The number of nitrogens with one attached hydrogen (secondary N) is 2. The molecule has 1 fully saturated rings. The Morgan fingerprint density at radius 2 is 1.59 bits per heavy atom. The molecule has 2 aliphatic rings. The fourth-order valence-corrected chi connectivity index (χ4v) is 4.02. The summed E-state index contributed by atoms with van der Waals surface area (Å²) in [7, 11) is 3.31. The number of amides is 1. The molecule has 2 heterocycles. The van der Waals surface area contributed by atoms with E-state index in [0.29, 0.717) is 6.54 Å². The number of carbonyl (C=O) groups excluding carboxylic acids is 1. The lowest BCUT2D eigenvalue weighted by Crippen LogP contribution is -3.11. The van der Waals surface area contributed by atoms with Crippen molar-refractivity contribution in [2.45, 2.75) is 18.9 Å². The van der Waals surface area contributed by atoms with Gasteiger partial charge in [0.25, 0.3) is 5.91 Å². The van der Waals surface area contributed by atoms with Crippen molar-refractivity contribution in [3.05, 3.63) is 65.7 Å². The average molecular weight is 394 g/mol. The minimum Gasteiger partial charge on any atom is -0.497 e. The van der Waals surface area contributed by atoms with Gasteiger partial charge in [-0.3, -0.25) is 10.2 Å². The Balaban J connectivity index is 1.60. The largest absolute Gasteiger partial charge is 0.497 e. The number of likely N-dealkylation sites (tertiary alicyclic amines) is 1. The van der Waals surface area contributed by atoms with Crippen molar-refractivity contribution in [2.75, 3.05) is 33.9 Å². The first kappa shape index (κ1) is 19.3. The zero-order valence-electron chi connectivity index (χ0n) is 17.0. The summed E-state index contributed by atoms with van der Waals surface area (Å²) in [6.45, 7) is 2.67. The van der Waals surface area contributed by atoms with E-state index in [0.717, 1.165) is 41.4 Å². The van der Waals surface area contributed by atoms with E-state index in [9.17, 15) is 4.79 Å². The highest BCUT2D eigenvalue weighted by Gasteiger charge is 2.33. The van der Waals surface area contributed by atoms with E-state index >= 15 is 0 Å². The van der Waals surface area contributed by atoms with Crippen molar-refractivity contribution in [1.29, 1.82) is 0 Å². The molecular weight excluding hydrogens is 366 g/mol. The van der Waals surface area contributed by atoms with Crippen molar-refractivity contribution in [3.8, 4) is 11.5 Å². The Morgan fingerprint density at radius 1 is 1.00 bits per heavy atom. The zero-order chi connectivity index (χ0) is 20.2. The zero-order valence-corrected chi connectivity index (χ0v) is 17.0. The van der Waals surface area contributed by atoms with Crippen LogP contribution in [-0.2, 0) is 4.79 Å². The first-order valence-corrected chi connectivity index (χ1v) is 10.1. The third-order valence-corrected chi connectivity index (χ3v) is 5.68. The number of hydrogen-bond acceptors (Lipinski definition) is 4. The summed E-state index contributed by atoms with van der Waals surface area (Å²) in [6, 6.07) is 15.6. The fraction of sp³-hybridized carbons (Fsp3) is 0.348. The van der Waals surface area contributed by atoms with Crippen LogP contribution in [0.3, 0.4) is 0 Å². The summed E-state index contributed by atoms with van der Waals surface area (Å²) < 4.78 is 10.5. The Labute approximate surface area is 171 Å². The molecule has 0 saturated carbocycles. The molecule has 2 N–H and O–H groups in total. The highest BCUT2D eigenvalue weighted by atomic mass is 16.5. The molecule has 29 heavy (non-hydrogen) atoms. The van der Waals surface area contributed by atoms with Gasteiger partial charge in [-0.2, -0.15) is 0 Å². The van der Waals surface area contributed by atoms with Crippen LogP contribution in [0.25, 0.3) is 5.70 Å². The van der Waals surface area contributed by atoms with Gasteiger partial charge in [0.05, 0.1) is 39.0 Å². The molecule has 152 valence electrons. The second-order valence-corrected chi connectivity index (χ2v) is 7.54. The molecule has 4 rings (SSSR count). The van der Waals surface area contributed by atoms with Crippen molar-refractivity contribution in [3.63, 3.8) is 0 Å². The van der Waals surface area contributed by atoms with Gasteiger partial charge in [0.2, 0.25) is 0 Å². The standard InChI is InChI=1S/C23H27N3O3/c1-28-19-9-5-17(6-10-19)21-15-22(18-7-11-20(29-2)12-8-18)26(24-21)23(27)16-25-13-3-4-14-25/h5-12,15,22,24H,3-4,13-14,16H2,1-2H3/p+1/t22-/m0/s1. The topological polar surface area (TPSA) is 55.2 Å². The van der Waals surface area contributed by atoms with Crippen LogP contribution in [-0.4, -0.2) is 44.8 Å². The predicted molar refractivity (Wildman–Crippen MR) is 111 cm³/mol. The minimum atomic E-state index is -0.160. The molecule has 6 nitrogen and oxygen atoms in total. The number of carbonyl (C=O) groups is 1. The maximum absolute atomic E-state index is 13.2. The molecule has 2 aliphatic heterocycles. The van der Waals surface area contributed by atoms with Gasteiger partial charge in [0.15, 0.2) is 6.54 Å². The van der Waals surface area contributed by atoms with E-state index in [2.05, 4.69) is 11.5 Å². The maximum atomic E-state index is 13.2. The first-order chi connectivity index (χ1) is 14.2. The van der Waals surface area contributed by atoms with Gasteiger partial charge in [-0.25, -0.2) is 5.01 Å². The molecular formula is C23H28N3O3+. The highest BCUT2D eigenvalue weighted by Crippen LogP contribution is 2.32. The summed E-state index contributed by atoms with van der Waals surface area (Å²) >= 11 is 0. The highest BCUT2D eigenvalue weighted by molar-refractivity contribution is 5.81. The molecule has 0 aliphatic carbocycles. The summed E-state index contributed by atoms with van der Waals surface area (Å²) in [5.74, 6) is 1.73. The van der Waals surface area contributed by atoms with Gasteiger partial charge >= 0.3 is 0 Å². The maximum Gasteiger partial charge on any atom is 0.296 e. The third kappa shape index (κ3) is 4.22. The molecule has 1 amide bonds. The molecule has 6 heteroatoms. The van der Waals surface area contributed by atoms with Crippen LogP contribution >= 0.6 is 0 Å². The molecule has 2 aromatic carbocycles. The summed E-state index contributed by atoms with van der Waals surface area (Å²) in [4.78, 5) is 14.5. The van der Waals surface area contributed by atoms with Crippen molar-refractivity contribution < 1.29 is 19.2 Å². The van der Waals surface area contributed by atoms with Crippen LogP contribution in [0.4, 0.5) is 0 Å². The molecule has 0 spiro atoms. The SMILES string of the molecule is COc1ccc(C2=C[C@@H](c3ccc(OC)cc3)N(C(=O)C[NH+]3CCCC3)N2)cc1. The number of hydrazine groups is 1. The molecule has 0 radical (unpaired) electrons. The Morgan fingerprint density at radius 3 is 2.17 bits per heavy atom. The quantitative estimate of drug-likeness (QED) is 0.785. The van der Waals surface area contributed by atoms with E-state index in [-0.39, 0.29) is 11.9 Å². The van der Waals surface area contributed by atoms with E-state index in [1.807, 2.05) is 48.5 Å². The minimum absolute atomic E-state index is 0.113. The lowest BCUT2D eigenvalue weighted by molar-refractivity contribution is -0.879. The monoisotopic (exact) mass is 394 g/mol. The lowest BCUT2D eigenvalue weighted by Gasteiger charge is -2.26. The number of hydrogen-bond donors (Lipinski definition) is 2. The van der Waals surface area contributed by atoms with Crippen molar-refractivity contribution in [1.82, 2.24) is 10.4 Å². The van der Waals surface area contributed by atoms with Crippen LogP contribution in [0.2, 0.25) is 0 Å². The van der Waals surface area contributed by atoms with Gasteiger partial charge < -0.3 is 14.4 Å². The van der Waals surface area contributed by atoms with Gasteiger partial charge in [-0.05, 0) is 53.6 Å². The number of rotatable bonds is 6. The lowest BCUT2D eigenvalue weighted by atomic mass is 10.0. The van der Waals surface area contributed by atoms with E-state index in [4.69, 9.17) is 9.47 Å². The average Bonchev–Trinajstić information content (AvgIpc) is 3.44. The molecule has 1 saturated heterocycles. The summed E-state index contributed by atoms with van der Waals surface area (Å²) in [5.41, 5.74) is 6.35. The van der Waals surface area contributed by atoms with Gasteiger partial charge in [-0.1, -0.05) is 12.1 Å². The van der Waals surface area contributed by atoms with Crippen molar-refractivity contribution >= 4 is 11.6 Å². The van der Waals surface area contributed by atoms with Crippen LogP contribution < -0.4 is 19.8 Å². The molecule has 1 atom stereocenters. The van der Waals surface area contributed by atoms with Gasteiger partial charge in [-0.15, -0.1) is 0 Å². The number of nitrogens with zero attached hydrogens (tertiary/aromatic N) is 1. The Kier molecular flexibility index (Phi) is 5.71. The smallest absolute Gasteiger partial charge is 0.296 e. The normalized spacial score (nSPS) is 19.0. The van der Waals surface area contributed by atoms with Crippen LogP contribution in [0.1, 0.15) is 30.0 Å². The van der Waals surface area contributed by atoms with E-state index < -0.39 is 0 Å². The first-order valence-electron chi connectivity index (χ1n) is 10.1. The summed E-state index contributed by atoms with van der Waals surface area (Å²) in [6.07, 6.45) is 4.52. The second-order valence-electron chi connectivity index (χ2n) is 7.54. The van der Waals surface area contributed by atoms with Crippen LogP contribution in [0.15, 0.2) is 54.6 Å². The summed E-state index contributed by atoms with van der Waals surface area (Å²) in [5, 5.41) is 1.77. The molecule has 2 aromatic rings. The second kappa shape index (κ2) is 8.57. The number of methoxy groups -OCH3 is 2. The predicted octanol–water partition coefficient (Wildman–Crippen LogP) is 1.81. The van der Waals surface area contributed by atoms with E-state index in [1.165, 1.54) is 17.7 Å². The Bertz CT molecular complexity index is 871. The molecule has 0 aromatic heterocycles. The van der Waals surface area contributed by atoms with Gasteiger partial charge in [0.1, 0.15) is 11.5 Å². The van der Waals surface area contributed by atoms with E-state index in [1.54, 1.807) is 19.2 Å². The fourth-order valence-electron chi connectivity index (χ4n) is 4.02. The molecule has 0 bridgehead atoms. The number of quaternary nitrogens is 1. The number of benzene rings is 2. The Hall–Kier alpha value is -2.99. The van der Waals surface area contributed by atoms with Crippen LogP contribution in [0, 0.1) is 0 Å². The van der Waals surface area contributed by atoms with Crippen molar-refractivity contribution in [2.24, 2.45) is 0 Å². The number of ether oxygens (including phenoxy) is 2.